The summed E-state index contributed by atoms with van der Waals surface area (Å²) in [6, 6.07) is 11.5. The summed E-state index contributed by atoms with van der Waals surface area (Å²) in [6.45, 7) is 2.21. The topological polar surface area (TPSA) is 58.4 Å². The van der Waals surface area contributed by atoms with Crippen LogP contribution in [0.5, 0.6) is 0 Å². The van der Waals surface area contributed by atoms with Gasteiger partial charge in [0.15, 0.2) is 11.6 Å². The number of amides is 1. The Morgan fingerprint density at radius 3 is 2.35 bits per heavy atom. The molecule has 1 fully saturated rings. The Kier molecular flexibility index (Phi) is 5.83. The van der Waals surface area contributed by atoms with Gasteiger partial charge in [-0.25, -0.2) is 8.78 Å². The van der Waals surface area contributed by atoms with Crippen molar-refractivity contribution in [2.45, 2.75) is 31.8 Å². The van der Waals surface area contributed by atoms with E-state index in [0.717, 1.165) is 43.1 Å². The molecule has 0 radical (unpaired) electrons. The summed E-state index contributed by atoms with van der Waals surface area (Å²) >= 11 is 0. The van der Waals surface area contributed by atoms with Crippen molar-refractivity contribution >= 4 is 11.6 Å². The third-order valence-corrected chi connectivity index (χ3v) is 4.69. The monoisotopic (exact) mass is 359 g/mol. The second kappa shape index (κ2) is 8.27. The number of rotatable bonds is 5. The first-order chi connectivity index (χ1) is 12.5. The van der Waals surface area contributed by atoms with E-state index in [2.05, 4.69) is 10.2 Å². The highest BCUT2D eigenvalue weighted by Gasteiger charge is 2.21. The summed E-state index contributed by atoms with van der Waals surface area (Å²) in [4.78, 5) is 14.4. The molecule has 26 heavy (non-hydrogen) atoms. The van der Waals surface area contributed by atoms with Crippen LogP contribution in [0.25, 0.3) is 0 Å². The minimum Gasteiger partial charge on any atom is -0.399 e. The van der Waals surface area contributed by atoms with Crippen molar-refractivity contribution in [1.82, 2.24) is 10.2 Å². The van der Waals surface area contributed by atoms with E-state index in [1.54, 1.807) is 18.2 Å². The third kappa shape index (κ3) is 5.02. The smallest absolute Gasteiger partial charge is 0.224 e. The van der Waals surface area contributed by atoms with Crippen molar-refractivity contribution < 1.29 is 13.6 Å². The van der Waals surface area contributed by atoms with E-state index in [1.807, 2.05) is 12.1 Å². The number of nitrogens with one attached hydrogen (secondary N) is 1. The van der Waals surface area contributed by atoms with Crippen molar-refractivity contribution in [2.75, 3.05) is 18.8 Å². The largest absolute Gasteiger partial charge is 0.399 e. The zero-order valence-electron chi connectivity index (χ0n) is 14.6. The van der Waals surface area contributed by atoms with Crippen molar-refractivity contribution in [3.05, 3.63) is 65.2 Å². The lowest BCUT2D eigenvalue weighted by molar-refractivity contribution is -0.121. The molecule has 3 N–H and O–H groups in total. The quantitative estimate of drug-likeness (QED) is 0.807. The van der Waals surface area contributed by atoms with E-state index in [4.69, 9.17) is 5.73 Å². The lowest BCUT2D eigenvalue weighted by Gasteiger charge is -2.32. The number of nitrogens with two attached hydrogens (primary N) is 1. The molecule has 0 spiro atoms. The molecule has 4 nitrogen and oxygen atoms in total. The number of nitrogen functional groups attached to an aromatic ring is 1. The fourth-order valence-corrected chi connectivity index (χ4v) is 3.23. The highest BCUT2D eigenvalue weighted by atomic mass is 19.2. The van der Waals surface area contributed by atoms with E-state index in [-0.39, 0.29) is 11.9 Å². The normalized spacial score (nSPS) is 15.8. The predicted octanol–water partition coefficient (Wildman–Crippen LogP) is 2.87. The van der Waals surface area contributed by atoms with Crippen molar-refractivity contribution in [3.63, 3.8) is 0 Å². The number of halogens is 2. The maximum Gasteiger partial charge on any atom is 0.224 e. The van der Waals surface area contributed by atoms with Gasteiger partial charge in [0.05, 0.1) is 6.42 Å². The number of piperidine rings is 1. The van der Waals surface area contributed by atoms with Crippen molar-refractivity contribution in [1.29, 1.82) is 0 Å². The van der Waals surface area contributed by atoms with Crippen molar-refractivity contribution in [2.24, 2.45) is 0 Å². The van der Waals surface area contributed by atoms with Crippen LogP contribution in [0, 0.1) is 11.6 Å². The van der Waals surface area contributed by atoms with Crippen LogP contribution in [0.1, 0.15) is 24.0 Å². The fourth-order valence-electron chi connectivity index (χ4n) is 3.23. The molecular weight excluding hydrogens is 336 g/mol. The van der Waals surface area contributed by atoms with Crippen LogP contribution in [0.2, 0.25) is 0 Å². The summed E-state index contributed by atoms with van der Waals surface area (Å²) in [7, 11) is 0. The zero-order valence-corrected chi connectivity index (χ0v) is 14.6. The standard InChI is InChI=1S/C20H23F2N3O/c21-18-6-3-15(11-19(18)22)13-25-9-7-17(8-10-25)24-20(26)12-14-1-4-16(23)5-2-14/h1-6,11,17H,7-10,12-13,23H2,(H,24,26). The van der Waals surface area contributed by atoms with Crippen LogP contribution in [-0.4, -0.2) is 29.9 Å². The Hall–Kier alpha value is -2.47. The molecule has 0 unspecified atom stereocenters. The number of likely N-dealkylation sites (tertiary alicyclic amines) is 1. The lowest BCUT2D eigenvalue weighted by Crippen LogP contribution is -2.44. The van der Waals surface area contributed by atoms with Gasteiger partial charge in [-0.2, -0.15) is 0 Å². The molecule has 0 saturated carbocycles. The molecular formula is C20H23F2N3O. The molecule has 1 amide bonds. The van der Waals surface area contributed by atoms with Gasteiger partial charge in [-0.05, 0) is 48.2 Å². The first-order valence-corrected chi connectivity index (χ1v) is 8.79. The molecule has 0 aromatic heterocycles. The van der Waals surface area contributed by atoms with Crippen LogP contribution in [0.15, 0.2) is 42.5 Å². The summed E-state index contributed by atoms with van der Waals surface area (Å²) < 4.78 is 26.3. The Bertz CT molecular complexity index is 756. The molecule has 2 aromatic rings. The van der Waals surface area contributed by atoms with Gasteiger partial charge in [0, 0.05) is 31.4 Å². The maximum atomic E-state index is 13.3. The average molecular weight is 359 g/mol. The molecule has 1 aliphatic rings. The molecule has 3 rings (SSSR count). The average Bonchev–Trinajstić information content (AvgIpc) is 2.62. The van der Waals surface area contributed by atoms with Gasteiger partial charge in [-0.15, -0.1) is 0 Å². The molecule has 0 bridgehead atoms. The summed E-state index contributed by atoms with van der Waals surface area (Å²) in [5.41, 5.74) is 8.03. The van der Waals surface area contributed by atoms with Gasteiger partial charge < -0.3 is 11.1 Å². The number of carbonyl (C=O) groups excluding carboxylic acids is 1. The molecule has 0 aliphatic carbocycles. The van der Waals surface area contributed by atoms with Gasteiger partial charge in [0.25, 0.3) is 0 Å². The third-order valence-electron chi connectivity index (χ3n) is 4.69. The number of nitrogens with zero attached hydrogens (tertiary/aromatic N) is 1. The van der Waals surface area contributed by atoms with E-state index in [9.17, 15) is 13.6 Å². The predicted molar refractivity (Wildman–Crippen MR) is 97.4 cm³/mol. The van der Waals surface area contributed by atoms with Crippen LogP contribution in [0.3, 0.4) is 0 Å². The molecule has 1 aliphatic heterocycles. The van der Waals surface area contributed by atoms with Crippen LogP contribution < -0.4 is 11.1 Å². The Labute approximate surface area is 152 Å². The second-order valence-corrected chi connectivity index (χ2v) is 6.78. The van der Waals surface area contributed by atoms with E-state index in [0.29, 0.717) is 18.7 Å². The summed E-state index contributed by atoms with van der Waals surface area (Å²) in [6.07, 6.45) is 2.03. The number of benzene rings is 2. The van der Waals surface area contributed by atoms with Crippen LogP contribution >= 0.6 is 0 Å². The Morgan fingerprint density at radius 2 is 1.69 bits per heavy atom. The minimum atomic E-state index is -0.823. The summed E-state index contributed by atoms with van der Waals surface area (Å²) in [5.74, 6) is -1.63. The SMILES string of the molecule is Nc1ccc(CC(=O)NC2CCN(Cc3ccc(F)c(F)c3)CC2)cc1. The van der Waals surface area contributed by atoms with Crippen LogP contribution in [-0.2, 0) is 17.8 Å². The zero-order chi connectivity index (χ0) is 18.5. The minimum absolute atomic E-state index is 0.00817. The van der Waals surface area contributed by atoms with E-state index >= 15 is 0 Å². The maximum absolute atomic E-state index is 13.3. The Morgan fingerprint density at radius 1 is 1.04 bits per heavy atom. The molecule has 6 heteroatoms. The number of anilines is 1. The number of hydrogen-bond donors (Lipinski definition) is 2. The number of hydrogen-bond acceptors (Lipinski definition) is 3. The molecule has 1 saturated heterocycles. The van der Waals surface area contributed by atoms with Gasteiger partial charge in [-0.3, -0.25) is 9.69 Å². The van der Waals surface area contributed by atoms with Gasteiger partial charge in [0.2, 0.25) is 5.91 Å². The number of carbonyl (C=O) groups is 1. The fraction of sp³-hybridized carbons (Fsp3) is 0.350. The van der Waals surface area contributed by atoms with Gasteiger partial charge in [-0.1, -0.05) is 18.2 Å². The van der Waals surface area contributed by atoms with Crippen molar-refractivity contribution in [3.8, 4) is 0 Å². The second-order valence-electron chi connectivity index (χ2n) is 6.78. The van der Waals surface area contributed by atoms with Crippen LogP contribution in [0.4, 0.5) is 14.5 Å². The highest BCUT2D eigenvalue weighted by Crippen LogP contribution is 2.16. The highest BCUT2D eigenvalue weighted by molar-refractivity contribution is 5.79. The molecule has 1 heterocycles. The van der Waals surface area contributed by atoms with E-state index < -0.39 is 11.6 Å². The first-order valence-electron chi connectivity index (χ1n) is 8.79. The Balaban J connectivity index is 1.43. The summed E-state index contributed by atoms with van der Waals surface area (Å²) in [5, 5.41) is 3.08. The first kappa shape index (κ1) is 18.3. The molecule has 2 aromatic carbocycles. The van der Waals surface area contributed by atoms with E-state index in [1.165, 1.54) is 6.07 Å². The van der Waals surface area contributed by atoms with Gasteiger partial charge >= 0.3 is 0 Å². The lowest BCUT2D eigenvalue weighted by atomic mass is 10.0. The molecule has 138 valence electrons. The molecule has 0 atom stereocenters. The van der Waals surface area contributed by atoms with Gasteiger partial charge in [0.1, 0.15) is 0 Å².